The number of nitrogens with zero attached hydrogens (tertiary/aromatic N) is 2. The Bertz CT molecular complexity index is 532. The Morgan fingerprint density at radius 3 is 2.89 bits per heavy atom. The van der Waals surface area contributed by atoms with Gasteiger partial charge in [-0.3, -0.25) is 10.7 Å². The van der Waals surface area contributed by atoms with E-state index in [-0.39, 0.29) is 0 Å². The van der Waals surface area contributed by atoms with Gasteiger partial charge in [0.25, 0.3) is 0 Å². The summed E-state index contributed by atoms with van der Waals surface area (Å²) < 4.78 is 0. The summed E-state index contributed by atoms with van der Waals surface area (Å²) in [6.45, 7) is 1.97. The van der Waals surface area contributed by atoms with Crippen molar-refractivity contribution >= 4 is 5.71 Å². The van der Waals surface area contributed by atoms with Crippen LogP contribution in [0.15, 0.2) is 41.0 Å². The molecule has 4 N–H and O–H groups in total. The molecular weight excluding hydrogens is 224 g/mol. The van der Waals surface area contributed by atoms with E-state index in [4.69, 9.17) is 11.6 Å². The molecule has 1 aromatic rings. The number of hydrogen-bond acceptors (Lipinski definition) is 4. The van der Waals surface area contributed by atoms with E-state index >= 15 is 0 Å². The van der Waals surface area contributed by atoms with E-state index in [0.29, 0.717) is 5.92 Å². The minimum atomic E-state index is -0.460. The third-order valence-electron chi connectivity index (χ3n) is 3.82. The molecule has 2 aliphatic rings. The predicted molar refractivity (Wildman–Crippen MR) is 72.7 cm³/mol. The Morgan fingerprint density at radius 1 is 1.33 bits per heavy atom. The first-order valence-electron chi connectivity index (χ1n) is 6.30. The van der Waals surface area contributed by atoms with E-state index in [2.05, 4.69) is 35.3 Å². The maximum Gasteiger partial charge on any atom is 0.186 e. The van der Waals surface area contributed by atoms with Gasteiger partial charge in [0, 0.05) is 17.3 Å². The number of fused-ring (bicyclic) bond motifs is 1. The van der Waals surface area contributed by atoms with Gasteiger partial charge < -0.3 is 0 Å². The van der Waals surface area contributed by atoms with Crippen molar-refractivity contribution in [2.45, 2.75) is 32.0 Å². The van der Waals surface area contributed by atoms with Gasteiger partial charge in [0.1, 0.15) is 0 Å². The molecule has 3 rings (SSSR count). The molecule has 1 aliphatic carbocycles. The highest BCUT2D eigenvalue weighted by Gasteiger charge is 2.28. The van der Waals surface area contributed by atoms with Crippen LogP contribution in [-0.2, 0) is 6.42 Å². The van der Waals surface area contributed by atoms with Gasteiger partial charge >= 0.3 is 0 Å². The molecule has 0 aromatic heterocycles. The molecule has 0 saturated heterocycles. The highest BCUT2D eigenvalue weighted by molar-refractivity contribution is 6.01. The van der Waals surface area contributed by atoms with E-state index in [1.165, 1.54) is 16.1 Å². The van der Waals surface area contributed by atoms with Gasteiger partial charge in [-0.05, 0) is 37.0 Å². The maximum atomic E-state index is 5.92. The van der Waals surface area contributed by atoms with Crippen molar-refractivity contribution in [3.05, 3.63) is 47.2 Å². The van der Waals surface area contributed by atoms with Gasteiger partial charge in [-0.15, -0.1) is 0 Å². The topological polar surface area (TPSA) is 67.6 Å². The standard InChI is InChI=1S/C14H18N4/c1-9-8-13(17-14(15)18(9)16)12-7-6-10-4-2-3-5-11(10)12/h2-5,8,12,14H,6-7,15-16H2,1H3. The lowest BCUT2D eigenvalue weighted by molar-refractivity contribution is 0.268. The zero-order chi connectivity index (χ0) is 12.7. The monoisotopic (exact) mass is 242 g/mol. The van der Waals surface area contributed by atoms with Gasteiger partial charge in [0.2, 0.25) is 0 Å². The van der Waals surface area contributed by atoms with Crippen LogP contribution < -0.4 is 11.6 Å². The van der Waals surface area contributed by atoms with Crippen LogP contribution in [0.25, 0.3) is 0 Å². The Morgan fingerprint density at radius 2 is 2.11 bits per heavy atom. The molecule has 0 spiro atoms. The summed E-state index contributed by atoms with van der Waals surface area (Å²) in [4.78, 5) is 4.51. The zero-order valence-electron chi connectivity index (χ0n) is 10.5. The fraction of sp³-hybridized carbons (Fsp3) is 0.357. The normalized spacial score (nSPS) is 26.7. The minimum Gasteiger partial charge on any atom is -0.291 e. The Hall–Kier alpha value is -1.65. The molecule has 4 heteroatoms. The SMILES string of the molecule is CC1=CC(C2CCc3ccccc32)=NC(N)N1N. The number of hydrazine groups is 1. The van der Waals surface area contributed by atoms with Gasteiger partial charge in [-0.1, -0.05) is 24.3 Å². The Balaban J connectivity index is 1.97. The average molecular weight is 242 g/mol. The molecular formula is C14H18N4. The van der Waals surface area contributed by atoms with E-state index in [9.17, 15) is 0 Å². The summed E-state index contributed by atoms with van der Waals surface area (Å²) in [6.07, 6.45) is 3.82. The van der Waals surface area contributed by atoms with Crippen molar-refractivity contribution in [3.63, 3.8) is 0 Å². The Kier molecular flexibility index (Phi) is 2.69. The summed E-state index contributed by atoms with van der Waals surface area (Å²) in [5.41, 5.74) is 10.8. The smallest absolute Gasteiger partial charge is 0.186 e. The quantitative estimate of drug-likeness (QED) is 0.733. The van der Waals surface area contributed by atoms with Gasteiger partial charge in [-0.25, -0.2) is 10.8 Å². The van der Waals surface area contributed by atoms with Crippen molar-refractivity contribution in [1.82, 2.24) is 5.01 Å². The van der Waals surface area contributed by atoms with E-state index in [0.717, 1.165) is 24.3 Å². The molecule has 94 valence electrons. The zero-order valence-corrected chi connectivity index (χ0v) is 10.5. The first-order valence-corrected chi connectivity index (χ1v) is 6.30. The fourth-order valence-electron chi connectivity index (χ4n) is 2.80. The summed E-state index contributed by atoms with van der Waals surface area (Å²) in [6, 6.07) is 8.58. The van der Waals surface area contributed by atoms with Gasteiger partial charge in [0.05, 0.1) is 0 Å². The molecule has 4 nitrogen and oxygen atoms in total. The largest absolute Gasteiger partial charge is 0.291 e. The van der Waals surface area contributed by atoms with Crippen molar-refractivity contribution < 1.29 is 0 Å². The van der Waals surface area contributed by atoms with Crippen LogP contribution in [0, 0.1) is 0 Å². The molecule has 0 bridgehead atoms. The van der Waals surface area contributed by atoms with Crippen LogP contribution >= 0.6 is 0 Å². The second-order valence-corrected chi connectivity index (χ2v) is 4.95. The highest BCUT2D eigenvalue weighted by atomic mass is 15.5. The van der Waals surface area contributed by atoms with Crippen LogP contribution in [0.1, 0.15) is 30.4 Å². The summed E-state index contributed by atoms with van der Waals surface area (Å²) in [7, 11) is 0. The third kappa shape index (κ3) is 1.74. The fourth-order valence-corrected chi connectivity index (χ4v) is 2.80. The van der Waals surface area contributed by atoms with E-state index < -0.39 is 6.29 Å². The van der Waals surface area contributed by atoms with Crippen LogP contribution in [-0.4, -0.2) is 17.0 Å². The lowest BCUT2D eigenvalue weighted by Gasteiger charge is -2.29. The summed E-state index contributed by atoms with van der Waals surface area (Å²) >= 11 is 0. The number of hydrogen-bond donors (Lipinski definition) is 2. The van der Waals surface area contributed by atoms with Crippen molar-refractivity contribution in [1.29, 1.82) is 0 Å². The average Bonchev–Trinajstić information content (AvgIpc) is 2.79. The van der Waals surface area contributed by atoms with Crippen molar-refractivity contribution in [2.75, 3.05) is 0 Å². The molecule has 0 amide bonds. The predicted octanol–water partition coefficient (Wildman–Crippen LogP) is 1.49. The molecule has 2 unspecified atom stereocenters. The third-order valence-corrected chi connectivity index (χ3v) is 3.82. The van der Waals surface area contributed by atoms with Crippen molar-refractivity contribution in [3.8, 4) is 0 Å². The Labute approximate surface area is 107 Å². The van der Waals surface area contributed by atoms with Crippen molar-refractivity contribution in [2.24, 2.45) is 16.6 Å². The van der Waals surface area contributed by atoms with E-state index in [1.54, 1.807) is 0 Å². The molecule has 0 radical (unpaired) electrons. The second-order valence-electron chi connectivity index (χ2n) is 4.95. The van der Waals surface area contributed by atoms with Crippen LogP contribution in [0.2, 0.25) is 0 Å². The van der Waals surface area contributed by atoms with Crippen LogP contribution in [0.3, 0.4) is 0 Å². The molecule has 0 fully saturated rings. The number of allylic oxidation sites excluding steroid dienone is 2. The molecule has 1 aliphatic heterocycles. The number of aryl methyl sites for hydroxylation is 1. The molecule has 1 aromatic carbocycles. The summed E-state index contributed by atoms with van der Waals surface area (Å²) in [5.74, 6) is 6.18. The first kappa shape index (κ1) is 11.4. The number of benzene rings is 1. The number of rotatable bonds is 1. The summed E-state index contributed by atoms with van der Waals surface area (Å²) in [5, 5.41) is 1.50. The molecule has 18 heavy (non-hydrogen) atoms. The lowest BCUT2D eigenvalue weighted by Crippen LogP contribution is -2.47. The second kappa shape index (κ2) is 4.23. The van der Waals surface area contributed by atoms with Gasteiger partial charge in [0.15, 0.2) is 6.29 Å². The minimum absolute atomic E-state index is 0.371. The number of aliphatic imine (C=N–C) groups is 1. The lowest BCUT2D eigenvalue weighted by atomic mass is 9.94. The highest BCUT2D eigenvalue weighted by Crippen LogP contribution is 2.35. The molecule has 2 atom stereocenters. The van der Waals surface area contributed by atoms with Crippen LogP contribution in [0.4, 0.5) is 0 Å². The first-order chi connectivity index (χ1) is 8.66. The number of nitrogens with two attached hydrogens (primary N) is 2. The van der Waals surface area contributed by atoms with Crippen LogP contribution in [0.5, 0.6) is 0 Å². The van der Waals surface area contributed by atoms with Gasteiger partial charge in [-0.2, -0.15) is 0 Å². The maximum absolute atomic E-state index is 5.92. The molecule has 0 saturated carbocycles. The molecule has 1 heterocycles. The van der Waals surface area contributed by atoms with E-state index in [1.807, 2.05) is 6.92 Å².